The van der Waals surface area contributed by atoms with Crippen LogP contribution >= 0.6 is 0 Å². The van der Waals surface area contributed by atoms with Gasteiger partial charge in [0, 0.05) is 19.1 Å². The SMILES string of the molecule is CCCN(CC1CC1)S(=O)(=O)CCC1CCCCN1. The summed E-state index contributed by atoms with van der Waals surface area (Å²) in [6.07, 6.45) is 7.69. The van der Waals surface area contributed by atoms with E-state index in [-0.39, 0.29) is 0 Å². The van der Waals surface area contributed by atoms with E-state index in [1.807, 2.05) is 0 Å². The molecule has 0 aromatic heterocycles. The van der Waals surface area contributed by atoms with Gasteiger partial charge in [-0.1, -0.05) is 13.3 Å². The lowest BCUT2D eigenvalue weighted by atomic mass is 10.0. The fourth-order valence-electron chi connectivity index (χ4n) is 2.77. The molecule has 1 saturated heterocycles. The second-order valence-electron chi connectivity index (χ2n) is 6.05. The highest BCUT2D eigenvalue weighted by Crippen LogP contribution is 2.30. The van der Waals surface area contributed by atoms with Gasteiger partial charge < -0.3 is 5.32 Å². The van der Waals surface area contributed by atoms with Crippen molar-refractivity contribution in [3.8, 4) is 0 Å². The Morgan fingerprint density at radius 3 is 2.58 bits per heavy atom. The van der Waals surface area contributed by atoms with Gasteiger partial charge in [0.15, 0.2) is 0 Å². The normalized spacial score (nSPS) is 24.8. The quantitative estimate of drug-likeness (QED) is 0.743. The molecule has 0 radical (unpaired) electrons. The first-order valence-electron chi connectivity index (χ1n) is 7.83. The van der Waals surface area contributed by atoms with Gasteiger partial charge in [-0.2, -0.15) is 0 Å². The zero-order chi connectivity index (χ0) is 13.7. The molecule has 4 nitrogen and oxygen atoms in total. The highest BCUT2D eigenvalue weighted by molar-refractivity contribution is 7.89. The average molecular weight is 288 g/mol. The summed E-state index contributed by atoms with van der Waals surface area (Å²) in [5, 5.41) is 3.43. The van der Waals surface area contributed by atoms with Gasteiger partial charge >= 0.3 is 0 Å². The van der Waals surface area contributed by atoms with Crippen molar-refractivity contribution in [2.45, 2.75) is 57.9 Å². The maximum Gasteiger partial charge on any atom is 0.214 e. The van der Waals surface area contributed by atoms with Crippen molar-refractivity contribution >= 4 is 10.0 Å². The van der Waals surface area contributed by atoms with Crippen molar-refractivity contribution in [2.75, 3.05) is 25.4 Å². The first kappa shape index (κ1) is 15.3. The summed E-state index contributed by atoms with van der Waals surface area (Å²) in [6, 6.07) is 0.410. The molecule has 1 heterocycles. The van der Waals surface area contributed by atoms with E-state index in [2.05, 4.69) is 12.2 Å². The lowest BCUT2D eigenvalue weighted by molar-refractivity contribution is 0.376. The fourth-order valence-corrected chi connectivity index (χ4v) is 4.51. The van der Waals surface area contributed by atoms with E-state index in [0.29, 0.717) is 24.3 Å². The highest BCUT2D eigenvalue weighted by Gasteiger charge is 2.30. The molecule has 1 N–H and O–H groups in total. The summed E-state index contributed by atoms with van der Waals surface area (Å²) in [6.45, 7) is 4.55. The van der Waals surface area contributed by atoms with Crippen molar-refractivity contribution in [2.24, 2.45) is 5.92 Å². The number of nitrogens with zero attached hydrogens (tertiary/aromatic N) is 1. The molecule has 0 aromatic carbocycles. The molecule has 0 bridgehead atoms. The van der Waals surface area contributed by atoms with E-state index in [9.17, 15) is 8.42 Å². The number of hydrogen-bond donors (Lipinski definition) is 1. The van der Waals surface area contributed by atoms with Crippen LogP contribution in [0, 0.1) is 5.92 Å². The monoisotopic (exact) mass is 288 g/mol. The van der Waals surface area contributed by atoms with Crippen LogP contribution in [0.1, 0.15) is 51.9 Å². The molecule has 1 unspecified atom stereocenters. The molecule has 19 heavy (non-hydrogen) atoms. The lowest BCUT2D eigenvalue weighted by Crippen LogP contribution is -2.39. The number of piperidine rings is 1. The van der Waals surface area contributed by atoms with Crippen LogP contribution in [-0.4, -0.2) is 44.2 Å². The molecule has 1 aliphatic carbocycles. The van der Waals surface area contributed by atoms with E-state index in [1.165, 1.54) is 25.7 Å². The Morgan fingerprint density at radius 2 is 2.00 bits per heavy atom. The minimum absolute atomic E-state index is 0.317. The minimum atomic E-state index is -3.05. The predicted molar refractivity (Wildman–Crippen MR) is 78.6 cm³/mol. The Morgan fingerprint density at radius 1 is 1.21 bits per heavy atom. The van der Waals surface area contributed by atoms with E-state index in [0.717, 1.165) is 32.4 Å². The third kappa shape index (κ3) is 5.04. The molecular weight excluding hydrogens is 260 g/mol. The molecule has 2 aliphatic rings. The Bertz CT molecular complexity index is 360. The zero-order valence-corrected chi connectivity index (χ0v) is 12.9. The lowest BCUT2D eigenvalue weighted by Gasteiger charge is -2.26. The number of nitrogens with one attached hydrogen (secondary N) is 1. The highest BCUT2D eigenvalue weighted by atomic mass is 32.2. The number of hydrogen-bond acceptors (Lipinski definition) is 3. The molecule has 1 saturated carbocycles. The average Bonchev–Trinajstić information content (AvgIpc) is 3.21. The van der Waals surface area contributed by atoms with Gasteiger partial charge in [0.25, 0.3) is 0 Å². The smallest absolute Gasteiger partial charge is 0.214 e. The van der Waals surface area contributed by atoms with Crippen LogP contribution in [0.15, 0.2) is 0 Å². The molecule has 0 aromatic rings. The summed E-state index contributed by atoms with van der Waals surface area (Å²) >= 11 is 0. The second-order valence-corrected chi connectivity index (χ2v) is 8.14. The van der Waals surface area contributed by atoms with Crippen molar-refractivity contribution in [1.29, 1.82) is 0 Å². The van der Waals surface area contributed by atoms with Crippen LogP contribution < -0.4 is 5.32 Å². The Balaban J connectivity index is 1.82. The molecule has 2 fully saturated rings. The summed E-state index contributed by atoms with van der Waals surface area (Å²) < 4.78 is 26.6. The van der Waals surface area contributed by atoms with E-state index in [1.54, 1.807) is 4.31 Å². The third-order valence-electron chi connectivity index (χ3n) is 4.16. The Kier molecular flexibility index (Phi) is 5.66. The van der Waals surface area contributed by atoms with Gasteiger partial charge in [-0.15, -0.1) is 0 Å². The van der Waals surface area contributed by atoms with Crippen LogP contribution in [0.3, 0.4) is 0 Å². The van der Waals surface area contributed by atoms with Gasteiger partial charge in [-0.05, 0) is 51.0 Å². The van der Waals surface area contributed by atoms with Gasteiger partial charge in [-0.25, -0.2) is 12.7 Å². The molecule has 2 rings (SSSR count). The number of rotatable bonds is 8. The number of sulfonamides is 1. The standard InChI is InChI=1S/C14H28N2O2S/c1-2-10-16(12-13-6-7-13)19(17,18)11-8-14-5-3-4-9-15-14/h13-15H,2-12H2,1H3. The van der Waals surface area contributed by atoms with Crippen molar-refractivity contribution in [3.05, 3.63) is 0 Å². The molecule has 1 aliphatic heterocycles. The molecule has 1 atom stereocenters. The largest absolute Gasteiger partial charge is 0.314 e. The topological polar surface area (TPSA) is 49.4 Å². The summed E-state index contributed by atoms with van der Waals surface area (Å²) in [4.78, 5) is 0. The molecule has 112 valence electrons. The molecule has 5 heteroatoms. The van der Waals surface area contributed by atoms with Gasteiger partial charge in [-0.3, -0.25) is 0 Å². The van der Waals surface area contributed by atoms with E-state index >= 15 is 0 Å². The maximum absolute atomic E-state index is 12.4. The Hall–Kier alpha value is -0.130. The summed E-state index contributed by atoms with van der Waals surface area (Å²) in [5.41, 5.74) is 0. The fraction of sp³-hybridized carbons (Fsp3) is 1.00. The molecular formula is C14H28N2O2S. The van der Waals surface area contributed by atoms with Crippen LogP contribution in [0.25, 0.3) is 0 Å². The van der Waals surface area contributed by atoms with Gasteiger partial charge in [0.1, 0.15) is 0 Å². The first-order valence-corrected chi connectivity index (χ1v) is 9.44. The first-order chi connectivity index (χ1) is 9.12. The zero-order valence-electron chi connectivity index (χ0n) is 12.1. The van der Waals surface area contributed by atoms with Crippen molar-refractivity contribution in [3.63, 3.8) is 0 Å². The van der Waals surface area contributed by atoms with E-state index in [4.69, 9.17) is 0 Å². The van der Waals surface area contributed by atoms with E-state index < -0.39 is 10.0 Å². The van der Waals surface area contributed by atoms with Gasteiger partial charge in [0.05, 0.1) is 5.75 Å². The van der Waals surface area contributed by atoms with Crippen LogP contribution in [0.5, 0.6) is 0 Å². The van der Waals surface area contributed by atoms with Gasteiger partial charge in [0.2, 0.25) is 10.0 Å². The molecule has 0 spiro atoms. The van der Waals surface area contributed by atoms with Crippen LogP contribution in [-0.2, 0) is 10.0 Å². The summed E-state index contributed by atoms with van der Waals surface area (Å²) in [7, 11) is -3.05. The second kappa shape index (κ2) is 7.04. The van der Waals surface area contributed by atoms with Crippen LogP contribution in [0.4, 0.5) is 0 Å². The van der Waals surface area contributed by atoms with Crippen molar-refractivity contribution < 1.29 is 8.42 Å². The third-order valence-corrected chi connectivity index (χ3v) is 6.03. The predicted octanol–water partition coefficient (Wildman–Crippen LogP) is 1.97. The van der Waals surface area contributed by atoms with Crippen LogP contribution in [0.2, 0.25) is 0 Å². The maximum atomic E-state index is 12.4. The Labute approximate surface area is 118 Å². The molecule has 0 amide bonds. The summed E-state index contributed by atoms with van der Waals surface area (Å²) in [5.74, 6) is 0.950. The minimum Gasteiger partial charge on any atom is -0.314 e. The van der Waals surface area contributed by atoms with Crippen molar-refractivity contribution in [1.82, 2.24) is 9.62 Å².